The smallest absolute Gasteiger partial charge is 0.0538 e. The summed E-state index contributed by atoms with van der Waals surface area (Å²) in [4.78, 5) is 0. The third-order valence-corrected chi connectivity index (χ3v) is 3.93. The van der Waals surface area contributed by atoms with Gasteiger partial charge in [-0.2, -0.15) is 16.9 Å². The van der Waals surface area contributed by atoms with Crippen molar-refractivity contribution in [2.75, 3.05) is 11.5 Å². The third-order valence-electron chi connectivity index (χ3n) is 2.77. The van der Waals surface area contributed by atoms with Crippen LogP contribution in [0, 0.1) is 0 Å². The number of hydrazone groups is 1. The molecule has 3 heteroatoms. The predicted molar refractivity (Wildman–Crippen MR) is 59.4 cm³/mol. The van der Waals surface area contributed by atoms with Gasteiger partial charge in [-0.25, -0.2) is 0 Å². The third kappa shape index (κ3) is 2.90. The van der Waals surface area contributed by atoms with E-state index in [1.165, 1.54) is 55.7 Å². The van der Waals surface area contributed by atoms with Crippen LogP contribution in [0.15, 0.2) is 5.10 Å². The normalized spacial score (nSPS) is 28.9. The van der Waals surface area contributed by atoms with Crippen molar-refractivity contribution in [2.24, 2.45) is 5.10 Å². The molecule has 0 aromatic heterocycles. The van der Waals surface area contributed by atoms with Crippen molar-refractivity contribution in [1.82, 2.24) is 5.43 Å². The Morgan fingerprint density at radius 3 is 2.77 bits per heavy atom. The molecule has 1 atom stereocenters. The second-order valence-electron chi connectivity index (χ2n) is 3.93. The fourth-order valence-corrected chi connectivity index (χ4v) is 3.03. The van der Waals surface area contributed by atoms with E-state index in [0.717, 1.165) is 0 Å². The van der Waals surface area contributed by atoms with Crippen LogP contribution in [-0.4, -0.2) is 23.3 Å². The summed E-state index contributed by atoms with van der Waals surface area (Å²) in [6, 6.07) is 0.652. The van der Waals surface area contributed by atoms with Gasteiger partial charge in [0, 0.05) is 11.5 Å². The number of thioether (sulfide) groups is 1. The summed E-state index contributed by atoms with van der Waals surface area (Å²) in [5, 5.41) is 4.52. The Kier molecular flexibility index (Phi) is 3.53. The molecule has 2 aliphatic rings. The molecule has 2 nitrogen and oxygen atoms in total. The lowest BCUT2D eigenvalue weighted by atomic mass is 9.99. The van der Waals surface area contributed by atoms with Crippen molar-refractivity contribution in [2.45, 2.75) is 44.6 Å². The van der Waals surface area contributed by atoms with Gasteiger partial charge in [0.2, 0.25) is 0 Å². The van der Waals surface area contributed by atoms with E-state index in [4.69, 9.17) is 0 Å². The Morgan fingerprint density at radius 1 is 1.23 bits per heavy atom. The Balaban J connectivity index is 1.74. The molecule has 1 saturated carbocycles. The summed E-state index contributed by atoms with van der Waals surface area (Å²) in [6.45, 7) is 0. The first-order valence-corrected chi connectivity index (χ1v) is 6.49. The maximum absolute atomic E-state index is 4.52. The number of nitrogens with one attached hydrogen (secondary N) is 1. The molecule has 0 spiro atoms. The summed E-state index contributed by atoms with van der Waals surface area (Å²) < 4.78 is 0. The van der Waals surface area contributed by atoms with E-state index < -0.39 is 0 Å². The molecule has 0 aromatic carbocycles. The first-order chi connectivity index (χ1) is 6.45. The Hall–Kier alpha value is -0.180. The molecule has 74 valence electrons. The molecule has 0 radical (unpaired) electrons. The Morgan fingerprint density at radius 2 is 2.08 bits per heavy atom. The predicted octanol–water partition coefficient (Wildman–Crippen LogP) is 2.40. The number of rotatable bonds is 2. The highest BCUT2D eigenvalue weighted by Gasteiger charge is 2.14. The molecule has 1 saturated heterocycles. The van der Waals surface area contributed by atoms with Crippen LogP contribution in [-0.2, 0) is 0 Å². The molecule has 0 bridgehead atoms. The van der Waals surface area contributed by atoms with Gasteiger partial charge in [-0.15, -0.1) is 0 Å². The van der Waals surface area contributed by atoms with Crippen LogP contribution in [0.25, 0.3) is 0 Å². The molecule has 0 amide bonds. The standard InChI is InChI=1S/C10H18N2S/c1-2-4-9(5-3-1)11-12-10-6-7-13-8-10/h10,12H,1-8H2. The van der Waals surface area contributed by atoms with Gasteiger partial charge in [-0.05, 0) is 37.9 Å². The topological polar surface area (TPSA) is 24.4 Å². The van der Waals surface area contributed by atoms with E-state index in [9.17, 15) is 0 Å². The number of nitrogens with zero attached hydrogens (tertiary/aromatic N) is 1. The minimum absolute atomic E-state index is 0.652. The molecule has 1 aliphatic carbocycles. The molecule has 0 aromatic rings. The molecule has 1 heterocycles. The minimum Gasteiger partial charge on any atom is -0.306 e. The fourth-order valence-electron chi connectivity index (χ4n) is 1.89. The van der Waals surface area contributed by atoms with Gasteiger partial charge in [-0.1, -0.05) is 6.42 Å². The average Bonchev–Trinajstić information content (AvgIpc) is 2.69. The van der Waals surface area contributed by atoms with Gasteiger partial charge >= 0.3 is 0 Å². The lowest BCUT2D eigenvalue weighted by Gasteiger charge is -2.14. The number of hydrogen-bond donors (Lipinski definition) is 1. The van der Waals surface area contributed by atoms with Crippen molar-refractivity contribution in [3.05, 3.63) is 0 Å². The van der Waals surface area contributed by atoms with Crippen molar-refractivity contribution in [1.29, 1.82) is 0 Å². The highest BCUT2D eigenvalue weighted by molar-refractivity contribution is 7.99. The highest BCUT2D eigenvalue weighted by Crippen LogP contribution is 2.18. The zero-order valence-corrected chi connectivity index (χ0v) is 8.91. The van der Waals surface area contributed by atoms with E-state index in [1.54, 1.807) is 0 Å². The molecule has 2 rings (SSSR count). The van der Waals surface area contributed by atoms with E-state index in [1.807, 2.05) is 11.8 Å². The minimum atomic E-state index is 0.652. The largest absolute Gasteiger partial charge is 0.306 e. The first kappa shape index (κ1) is 9.38. The van der Waals surface area contributed by atoms with Crippen LogP contribution in [0.1, 0.15) is 38.5 Å². The molecule has 1 unspecified atom stereocenters. The molecule has 13 heavy (non-hydrogen) atoms. The van der Waals surface area contributed by atoms with Gasteiger partial charge in [-0.3, -0.25) is 0 Å². The van der Waals surface area contributed by atoms with Crippen LogP contribution < -0.4 is 5.43 Å². The van der Waals surface area contributed by atoms with Crippen molar-refractivity contribution >= 4 is 17.5 Å². The Labute approximate surface area is 84.6 Å². The highest BCUT2D eigenvalue weighted by atomic mass is 32.2. The molecule has 1 aliphatic heterocycles. The maximum atomic E-state index is 4.52. The second kappa shape index (κ2) is 4.89. The van der Waals surface area contributed by atoms with E-state index in [0.29, 0.717) is 6.04 Å². The summed E-state index contributed by atoms with van der Waals surface area (Å²) in [7, 11) is 0. The van der Waals surface area contributed by atoms with Crippen LogP contribution in [0.4, 0.5) is 0 Å². The van der Waals surface area contributed by atoms with Gasteiger partial charge in [0.05, 0.1) is 6.04 Å². The summed E-state index contributed by atoms with van der Waals surface area (Å²) in [5.74, 6) is 2.55. The van der Waals surface area contributed by atoms with Gasteiger partial charge in [0.15, 0.2) is 0 Å². The second-order valence-corrected chi connectivity index (χ2v) is 5.08. The van der Waals surface area contributed by atoms with E-state index in [2.05, 4.69) is 10.5 Å². The summed E-state index contributed by atoms with van der Waals surface area (Å²) >= 11 is 2.04. The van der Waals surface area contributed by atoms with Crippen molar-refractivity contribution < 1.29 is 0 Å². The molecular weight excluding hydrogens is 180 g/mol. The fraction of sp³-hybridized carbons (Fsp3) is 0.900. The lowest BCUT2D eigenvalue weighted by molar-refractivity contribution is 0.571. The lowest BCUT2D eigenvalue weighted by Crippen LogP contribution is -2.25. The van der Waals surface area contributed by atoms with Gasteiger partial charge in [0.25, 0.3) is 0 Å². The van der Waals surface area contributed by atoms with Gasteiger partial charge in [0.1, 0.15) is 0 Å². The van der Waals surface area contributed by atoms with Crippen LogP contribution in [0.2, 0.25) is 0 Å². The Bertz CT molecular complexity index is 177. The maximum Gasteiger partial charge on any atom is 0.0538 e. The van der Waals surface area contributed by atoms with Crippen LogP contribution in [0.3, 0.4) is 0 Å². The van der Waals surface area contributed by atoms with Crippen molar-refractivity contribution in [3.63, 3.8) is 0 Å². The summed E-state index contributed by atoms with van der Waals surface area (Å²) in [5.41, 5.74) is 4.72. The van der Waals surface area contributed by atoms with Gasteiger partial charge < -0.3 is 5.43 Å². The molecule has 2 fully saturated rings. The molecule has 1 N–H and O–H groups in total. The van der Waals surface area contributed by atoms with E-state index >= 15 is 0 Å². The zero-order valence-electron chi connectivity index (χ0n) is 8.09. The first-order valence-electron chi connectivity index (χ1n) is 5.34. The zero-order chi connectivity index (χ0) is 8.93. The molecular formula is C10H18N2S. The number of hydrogen-bond acceptors (Lipinski definition) is 3. The van der Waals surface area contributed by atoms with Crippen LogP contribution >= 0.6 is 11.8 Å². The van der Waals surface area contributed by atoms with Crippen LogP contribution in [0.5, 0.6) is 0 Å². The quantitative estimate of drug-likeness (QED) is 0.689. The SMILES string of the molecule is C1CCC(=NNC2CCSC2)CC1. The van der Waals surface area contributed by atoms with Crippen molar-refractivity contribution in [3.8, 4) is 0 Å². The monoisotopic (exact) mass is 198 g/mol. The van der Waals surface area contributed by atoms with E-state index in [-0.39, 0.29) is 0 Å². The average molecular weight is 198 g/mol. The summed E-state index contributed by atoms with van der Waals surface area (Å²) in [6.07, 6.45) is 7.85.